The maximum absolute atomic E-state index is 12.9. The molecule has 0 atom stereocenters. The van der Waals surface area contributed by atoms with E-state index in [-0.39, 0.29) is 23.0 Å². The number of carbonyl (C=O) groups excluding carboxylic acids is 1. The lowest BCUT2D eigenvalue weighted by atomic mass is 10.2. The quantitative estimate of drug-likeness (QED) is 0.542. The van der Waals surface area contributed by atoms with Gasteiger partial charge in [-0.25, -0.2) is 9.37 Å². The van der Waals surface area contributed by atoms with Crippen molar-refractivity contribution in [3.8, 4) is 0 Å². The fraction of sp³-hybridized carbons (Fsp3) is 0.235. The zero-order valence-corrected chi connectivity index (χ0v) is 14.7. The Kier molecular flexibility index (Phi) is 4.30. The fourth-order valence-electron chi connectivity index (χ4n) is 2.92. The number of nitrogens with zero attached hydrogens (tertiary/aromatic N) is 1. The molecule has 1 aromatic carbocycles. The van der Waals surface area contributed by atoms with Crippen LogP contribution in [0.2, 0.25) is 0 Å². The van der Waals surface area contributed by atoms with Gasteiger partial charge in [-0.05, 0) is 49.1 Å². The van der Waals surface area contributed by atoms with Crippen LogP contribution in [0.15, 0.2) is 34.2 Å². The van der Waals surface area contributed by atoms with Crippen molar-refractivity contribution >= 4 is 44.9 Å². The van der Waals surface area contributed by atoms with Crippen molar-refractivity contribution < 1.29 is 9.18 Å². The molecule has 0 saturated carbocycles. The third kappa shape index (κ3) is 3.32. The average molecular weight is 375 g/mol. The molecule has 0 unspecified atom stereocenters. The predicted molar refractivity (Wildman–Crippen MR) is 98.0 cm³/mol. The number of nitrogens with one attached hydrogen (secondary N) is 2. The number of carbonyl (C=O) groups is 1. The lowest BCUT2D eigenvalue weighted by Gasteiger charge is -2.05. The van der Waals surface area contributed by atoms with Crippen LogP contribution in [0.3, 0.4) is 0 Å². The van der Waals surface area contributed by atoms with Crippen LogP contribution in [-0.2, 0) is 17.6 Å². The van der Waals surface area contributed by atoms with E-state index in [1.165, 1.54) is 40.9 Å². The Hall–Kier alpha value is -2.19. The van der Waals surface area contributed by atoms with Crippen LogP contribution in [0.1, 0.15) is 16.9 Å². The van der Waals surface area contributed by atoms with Crippen LogP contribution in [0.4, 0.5) is 10.1 Å². The van der Waals surface area contributed by atoms with Gasteiger partial charge in [-0.1, -0.05) is 11.8 Å². The summed E-state index contributed by atoms with van der Waals surface area (Å²) in [7, 11) is 0. The van der Waals surface area contributed by atoms with Crippen molar-refractivity contribution in [2.75, 3.05) is 11.1 Å². The van der Waals surface area contributed by atoms with Crippen molar-refractivity contribution in [2.24, 2.45) is 0 Å². The Morgan fingerprint density at radius 1 is 1.32 bits per heavy atom. The Labute approximate surface area is 150 Å². The number of thiophene rings is 1. The largest absolute Gasteiger partial charge is 0.325 e. The van der Waals surface area contributed by atoms with Crippen molar-refractivity contribution in [2.45, 2.75) is 24.4 Å². The van der Waals surface area contributed by atoms with E-state index in [1.54, 1.807) is 11.3 Å². The Morgan fingerprint density at radius 2 is 2.12 bits per heavy atom. The summed E-state index contributed by atoms with van der Waals surface area (Å²) < 4.78 is 12.9. The molecule has 0 bridgehead atoms. The first-order valence-electron chi connectivity index (χ1n) is 7.83. The van der Waals surface area contributed by atoms with Crippen LogP contribution in [0.25, 0.3) is 10.2 Å². The van der Waals surface area contributed by atoms with E-state index in [9.17, 15) is 14.0 Å². The number of aromatic amines is 1. The number of fused-ring (bicyclic) bond motifs is 3. The zero-order valence-electron chi connectivity index (χ0n) is 13.1. The second kappa shape index (κ2) is 6.61. The van der Waals surface area contributed by atoms with Gasteiger partial charge in [0.05, 0.1) is 11.1 Å². The smallest absolute Gasteiger partial charge is 0.260 e. The molecule has 1 amide bonds. The summed E-state index contributed by atoms with van der Waals surface area (Å²) >= 11 is 2.75. The summed E-state index contributed by atoms with van der Waals surface area (Å²) in [5.74, 6) is -0.491. The first kappa shape index (κ1) is 16.3. The van der Waals surface area contributed by atoms with Crippen LogP contribution >= 0.6 is 23.1 Å². The highest BCUT2D eigenvalue weighted by molar-refractivity contribution is 7.99. The van der Waals surface area contributed by atoms with Gasteiger partial charge in [0, 0.05) is 10.6 Å². The van der Waals surface area contributed by atoms with Crippen molar-refractivity contribution in [3.05, 3.63) is 50.9 Å². The van der Waals surface area contributed by atoms with E-state index < -0.39 is 0 Å². The Bertz CT molecular complexity index is 1010. The molecule has 0 saturated heterocycles. The van der Waals surface area contributed by atoms with Gasteiger partial charge in [0.2, 0.25) is 5.91 Å². The normalized spacial score (nSPS) is 13.2. The highest BCUT2D eigenvalue weighted by atomic mass is 32.2. The molecule has 2 N–H and O–H groups in total. The van der Waals surface area contributed by atoms with Gasteiger partial charge in [-0.2, -0.15) is 0 Å². The van der Waals surface area contributed by atoms with Gasteiger partial charge >= 0.3 is 0 Å². The van der Waals surface area contributed by atoms with Crippen molar-refractivity contribution in [1.29, 1.82) is 0 Å². The number of aryl methyl sites for hydroxylation is 2. The molecule has 1 aliphatic rings. The summed E-state index contributed by atoms with van der Waals surface area (Å²) in [5.41, 5.74) is 1.53. The molecular weight excluding hydrogens is 361 g/mol. The summed E-state index contributed by atoms with van der Waals surface area (Å²) in [6.07, 6.45) is 3.04. The van der Waals surface area contributed by atoms with E-state index in [0.717, 1.165) is 29.7 Å². The zero-order chi connectivity index (χ0) is 17.4. The van der Waals surface area contributed by atoms with Gasteiger partial charge in [0.25, 0.3) is 5.56 Å². The summed E-state index contributed by atoms with van der Waals surface area (Å²) in [6.45, 7) is 0. The van der Waals surface area contributed by atoms with Gasteiger partial charge in [-0.15, -0.1) is 11.3 Å². The molecule has 4 rings (SSSR count). The van der Waals surface area contributed by atoms with Gasteiger partial charge in [0.1, 0.15) is 10.6 Å². The molecule has 0 radical (unpaired) electrons. The summed E-state index contributed by atoms with van der Waals surface area (Å²) in [6, 6.07) is 5.56. The van der Waals surface area contributed by atoms with E-state index in [4.69, 9.17) is 0 Å². The third-order valence-electron chi connectivity index (χ3n) is 4.02. The van der Waals surface area contributed by atoms with E-state index in [2.05, 4.69) is 15.3 Å². The number of amides is 1. The molecule has 128 valence electrons. The lowest BCUT2D eigenvalue weighted by Crippen LogP contribution is -2.15. The average Bonchev–Trinajstić information content (AvgIpc) is 3.15. The summed E-state index contributed by atoms with van der Waals surface area (Å²) in [5, 5.41) is 3.82. The molecule has 0 fully saturated rings. The summed E-state index contributed by atoms with van der Waals surface area (Å²) in [4.78, 5) is 33.6. The number of aromatic nitrogens is 2. The van der Waals surface area contributed by atoms with Crippen LogP contribution < -0.4 is 10.9 Å². The van der Waals surface area contributed by atoms with Crippen LogP contribution in [-0.4, -0.2) is 21.6 Å². The number of benzene rings is 1. The maximum Gasteiger partial charge on any atom is 0.260 e. The van der Waals surface area contributed by atoms with Crippen LogP contribution in [0.5, 0.6) is 0 Å². The number of thioether (sulfide) groups is 1. The minimum atomic E-state index is -0.356. The minimum absolute atomic E-state index is 0.108. The number of halogens is 1. The second-order valence-corrected chi connectivity index (χ2v) is 7.80. The fourth-order valence-corrected chi connectivity index (χ4v) is 4.90. The molecule has 8 heteroatoms. The number of anilines is 1. The minimum Gasteiger partial charge on any atom is -0.325 e. The maximum atomic E-state index is 12.9. The topological polar surface area (TPSA) is 74.8 Å². The molecule has 2 aromatic heterocycles. The lowest BCUT2D eigenvalue weighted by molar-refractivity contribution is -0.113. The SMILES string of the molecule is O=C(CSc1nc2sc3c(c2c(=O)[nH]1)CCC3)Nc1ccc(F)cc1. The molecule has 0 spiro atoms. The van der Waals surface area contributed by atoms with Crippen molar-refractivity contribution in [3.63, 3.8) is 0 Å². The molecule has 5 nitrogen and oxygen atoms in total. The first-order valence-corrected chi connectivity index (χ1v) is 9.63. The highest BCUT2D eigenvalue weighted by Gasteiger charge is 2.21. The van der Waals surface area contributed by atoms with Crippen LogP contribution in [0, 0.1) is 5.82 Å². The number of hydrogen-bond acceptors (Lipinski definition) is 5. The molecule has 0 aliphatic heterocycles. The predicted octanol–water partition coefficient (Wildman–Crippen LogP) is 3.34. The Morgan fingerprint density at radius 3 is 2.92 bits per heavy atom. The molecule has 25 heavy (non-hydrogen) atoms. The first-order chi connectivity index (χ1) is 12.1. The second-order valence-electron chi connectivity index (χ2n) is 5.75. The molecule has 1 aliphatic carbocycles. The van der Waals surface area contributed by atoms with E-state index in [0.29, 0.717) is 16.2 Å². The third-order valence-corrected chi connectivity index (χ3v) is 6.08. The molecular formula is C17H14FN3O2S2. The number of rotatable bonds is 4. The Balaban J connectivity index is 1.47. The van der Waals surface area contributed by atoms with E-state index >= 15 is 0 Å². The van der Waals surface area contributed by atoms with Gasteiger partial charge < -0.3 is 10.3 Å². The number of H-pyrrole nitrogens is 1. The monoisotopic (exact) mass is 375 g/mol. The molecule has 2 heterocycles. The van der Waals surface area contributed by atoms with Gasteiger partial charge in [0.15, 0.2) is 5.16 Å². The number of hydrogen-bond donors (Lipinski definition) is 2. The highest BCUT2D eigenvalue weighted by Crippen LogP contribution is 2.35. The standard InChI is InChI=1S/C17H14FN3O2S2/c18-9-4-6-10(7-5-9)19-13(22)8-24-17-20-15(23)14-11-2-1-3-12(11)25-16(14)21-17/h4-7H,1-3,8H2,(H,19,22)(H,20,21,23). The van der Waals surface area contributed by atoms with E-state index in [1.807, 2.05) is 0 Å². The molecule has 3 aromatic rings. The van der Waals surface area contributed by atoms with Crippen molar-refractivity contribution in [1.82, 2.24) is 9.97 Å². The van der Waals surface area contributed by atoms with Gasteiger partial charge in [-0.3, -0.25) is 9.59 Å².